The van der Waals surface area contributed by atoms with Gasteiger partial charge in [0.15, 0.2) is 5.13 Å². The summed E-state index contributed by atoms with van der Waals surface area (Å²) in [7, 11) is 0. The van der Waals surface area contributed by atoms with E-state index in [2.05, 4.69) is 15.2 Å². The Balaban J connectivity index is 1.49. The van der Waals surface area contributed by atoms with Crippen molar-refractivity contribution in [1.82, 2.24) is 9.88 Å². The molecule has 1 aromatic heterocycles. The van der Waals surface area contributed by atoms with Crippen molar-refractivity contribution in [1.29, 1.82) is 0 Å². The Kier molecular flexibility index (Phi) is 5.28. The summed E-state index contributed by atoms with van der Waals surface area (Å²) >= 11 is 1.46. The fraction of sp³-hybridized carbons (Fsp3) is 0.444. The first-order chi connectivity index (χ1) is 11.5. The zero-order valence-corrected chi connectivity index (χ0v) is 14.7. The number of anilines is 1. The minimum atomic E-state index is -0.697. The van der Waals surface area contributed by atoms with Gasteiger partial charge >= 0.3 is 0 Å². The molecule has 0 radical (unpaired) electrons. The molecule has 3 rings (SSSR count). The van der Waals surface area contributed by atoms with Gasteiger partial charge in [-0.1, -0.05) is 30.3 Å². The van der Waals surface area contributed by atoms with Crippen molar-refractivity contribution < 1.29 is 9.90 Å². The van der Waals surface area contributed by atoms with Crippen molar-refractivity contribution in [3.8, 4) is 0 Å². The average Bonchev–Trinajstić information content (AvgIpc) is 3.02. The van der Waals surface area contributed by atoms with E-state index in [1.165, 1.54) is 18.3 Å². The number of amides is 1. The maximum absolute atomic E-state index is 11.0. The SMILES string of the molecule is CC(=O)Nc1nc(CCN2CCC(O)(c3ccccc3)CC2)cs1. The van der Waals surface area contributed by atoms with Crippen LogP contribution >= 0.6 is 11.3 Å². The van der Waals surface area contributed by atoms with Crippen LogP contribution in [0.25, 0.3) is 0 Å². The van der Waals surface area contributed by atoms with Crippen LogP contribution in [0.4, 0.5) is 5.13 Å². The molecular weight excluding hydrogens is 322 g/mol. The summed E-state index contributed by atoms with van der Waals surface area (Å²) < 4.78 is 0. The number of thiazole rings is 1. The number of aromatic nitrogens is 1. The highest BCUT2D eigenvalue weighted by Crippen LogP contribution is 2.32. The van der Waals surface area contributed by atoms with Gasteiger partial charge in [-0.2, -0.15) is 0 Å². The summed E-state index contributed by atoms with van der Waals surface area (Å²) in [5, 5.41) is 16.2. The molecule has 1 aliphatic heterocycles. The van der Waals surface area contributed by atoms with Crippen LogP contribution in [0.5, 0.6) is 0 Å². The number of hydrogen-bond donors (Lipinski definition) is 2. The molecule has 0 saturated carbocycles. The third-order valence-electron chi connectivity index (χ3n) is 4.51. The van der Waals surface area contributed by atoms with E-state index in [9.17, 15) is 9.90 Å². The molecule has 5 nitrogen and oxygen atoms in total. The number of benzene rings is 1. The van der Waals surface area contributed by atoms with Gasteiger partial charge in [0, 0.05) is 38.4 Å². The first kappa shape index (κ1) is 17.1. The van der Waals surface area contributed by atoms with Gasteiger partial charge in [0.25, 0.3) is 0 Å². The van der Waals surface area contributed by atoms with Gasteiger partial charge in [-0.25, -0.2) is 4.98 Å². The normalized spacial score (nSPS) is 17.6. The number of hydrogen-bond acceptors (Lipinski definition) is 5. The quantitative estimate of drug-likeness (QED) is 0.874. The van der Waals surface area contributed by atoms with Crippen LogP contribution in [0.1, 0.15) is 31.0 Å². The number of piperidine rings is 1. The van der Waals surface area contributed by atoms with Crippen LogP contribution in [-0.4, -0.2) is 40.5 Å². The van der Waals surface area contributed by atoms with E-state index < -0.39 is 5.60 Å². The molecule has 2 heterocycles. The average molecular weight is 345 g/mol. The molecular formula is C18H23N3O2S. The fourth-order valence-electron chi connectivity index (χ4n) is 3.09. The lowest BCUT2D eigenvalue weighted by Crippen LogP contribution is -2.43. The van der Waals surface area contributed by atoms with E-state index in [1.54, 1.807) is 0 Å². The zero-order valence-electron chi connectivity index (χ0n) is 13.9. The molecule has 2 aromatic rings. The van der Waals surface area contributed by atoms with Gasteiger partial charge in [0.2, 0.25) is 5.91 Å². The largest absolute Gasteiger partial charge is 0.385 e. The second-order valence-electron chi connectivity index (χ2n) is 6.31. The van der Waals surface area contributed by atoms with Crippen molar-refractivity contribution in [3.05, 3.63) is 47.0 Å². The van der Waals surface area contributed by atoms with Gasteiger partial charge in [0.1, 0.15) is 0 Å². The van der Waals surface area contributed by atoms with Gasteiger partial charge in [0.05, 0.1) is 11.3 Å². The monoisotopic (exact) mass is 345 g/mol. The Morgan fingerprint density at radius 3 is 2.71 bits per heavy atom. The molecule has 0 atom stereocenters. The molecule has 1 aromatic carbocycles. The van der Waals surface area contributed by atoms with Gasteiger partial charge < -0.3 is 15.3 Å². The standard InChI is InChI=1S/C18H23N3O2S/c1-14(22)19-17-20-16(13-24-17)7-10-21-11-8-18(23,9-12-21)15-5-3-2-4-6-15/h2-6,13,23H,7-12H2,1H3,(H,19,20,22). The van der Waals surface area contributed by atoms with E-state index in [0.29, 0.717) is 5.13 Å². The first-order valence-corrected chi connectivity index (χ1v) is 9.15. The summed E-state index contributed by atoms with van der Waals surface area (Å²) in [4.78, 5) is 17.8. The predicted octanol–water partition coefficient (Wildman–Crippen LogP) is 2.63. The number of likely N-dealkylation sites (tertiary alicyclic amines) is 1. The van der Waals surface area contributed by atoms with Crippen LogP contribution in [0.15, 0.2) is 35.7 Å². The molecule has 0 aliphatic carbocycles. The minimum absolute atomic E-state index is 0.0906. The van der Waals surface area contributed by atoms with Gasteiger partial charge in [-0.15, -0.1) is 11.3 Å². The second kappa shape index (κ2) is 7.42. The molecule has 24 heavy (non-hydrogen) atoms. The van der Waals surface area contributed by atoms with Crippen molar-refractivity contribution in [2.24, 2.45) is 0 Å². The third-order valence-corrected chi connectivity index (χ3v) is 5.32. The minimum Gasteiger partial charge on any atom is -0.385 e. The van der Waals surface area contributed by atoms with Crippen LogP contribution < -0.4 is 5.32 Å². The Morgan fingerprint density at radius 1 is 1.33 bits per heavy atom. The summed E-state index contributed by atoms with van der Waals surface area (Å²) in [5.74, 6) is -0.0906. The molecule has 2 N–H and O–H groups in total. The highest BCUT2D eigenvalue weighted by Gasteiger charge is 2.33. The van der Waals surface area contributed by atoms with E-state index in [4.69, 9.17) is 0 Å². The van der Waals surface area contributed by atoms with Crippen molar-refractivity contribution in [2.45, 2.75) is 31.8 Å². The molecule has 128 valence electrons. The van der Waals surface area contributed by atoms with Crippen molar-refractivity contribution in [2.75, 3.05) is 25.0 Å². The number of nitrogens with zero attached hydrogens (tertiary/aromatic N) is 2. The lowest BCUT2D eigenvalue weighted by Gasteiger charge is -2.38. The van der Waals surface area contributed by atoms with E-state index >= 15 is 0 Å². The van der Waals surface area contributed by atoms with Crippen LogP contribution in [0.2, 0.25) is 0 Å². The molecule has 1 amide bonds. The zero-order chi connectivity index (χ0) is 17.0. The van der Waals surface area contributed by atoms with Crippen molar-refractivity contribution in [3.63, 3.8) is 0 Å². The van der Waals surface area contributed by atoms with Crippen LogP contribution in [0, 0.1) is 0 Å². The first-order valence-electron chi connectivity index (χ1n) is 8.27. The van der Waals surface area contributed by atoms with Gasteiger partial charge in [-0.3, -0.25) is 4.79 Å². The summed E-state index contributed by atoms with van der Waals surface area (Å²) in [5.41, 5.74) is 1.33. The topological polar surface area (TPSA) is 65.5 Å². The fourth-order valence-corrected chi connectivity index (χ4v) is 3.88. The summed E-state index contributed by atoms with van der Waals surface area (Å²) in [6.45, 7) is 4.18. The molecule has 0 bridgehead atoms. The van der Waals surface area contributed by atoms with Gasteiger partial charge in [-0.05, 0) is 18.4 Å². The maximum Gasteiger partial charge on any atom is 0.223 e. The maximum atomic E-state index is 11.0. The smallest absolute Gasteiger partial charge is 0.223 e. The highest BCUT2D eigenvalue weighted by molar-refractivity contribution is 7.13. The Hall–Kier alpha value is -1.76. The number of rotatable bonds is 5. The highest BCUT2D eigenvalue weighted by atomic mass is 32.1. The predicted molar refractivity (Wildman–Crippen MR) is 96.1 cm³/mol. The Bertz CT molecular complexity index is 679. The molecule has 0 spiro atoms. The molecule has 0 unspecified atom stereocenters. The van der Waals surface area contributed by atoms with Crippen LogP contribution in [-0.2, 0) is 16.8 Å². The molecule has 1 saturated heterocycles. The second-order valence-corrected chi connectivity index (χ2v) is 7.17. The van der Waals surface area contributed by atoms with Crippen molar-refractivity contribution >= 4 is 22.4 Å². The number of carbonyl (C=O) groups is 1. The third kappa shape index (κ3) is 4.20. The molecule has 1 aliphatic rings. The Labute approximate surface area is 146 Å². The number of carbonyl (C=O) groups excluding carboxylic acids is 1. The van der Waals surface area contributed by atoms with E-state index in [1.807, 2.05) is 35.7 Å². The lowest BCUT2D eigenvalue weighted by molar-refractivity contribution is -0.114. The summed E-state index contributed by atoms with van der Waals surface area (Å²) in [6.07, 6.45) is 2.37. The lowest BCUT2D eigenvalue weighted by atomic mass is 9.84. The Morgan fingerprint density at radius 2 is 2.04 bits per heavy atom. The van der Waals surface area contributed by atoms with E-state index in [0.717, 1.165) is 50.2 Å². The van der Waals surface area contributed by atoms with Crippen LogP contribution in [0.3, 0.4) is 0 Å². The van der Waals surface area contributed by atoms with E-state index in [-0.39, 0.29) is 5.91 Å². The molecule has 6 heteroatoms. The number of aliphatic hydroxyl groups is 1. The number of nitrogens with one attached hydrogen (secondary N) is 1. The molecule has 1 fully saturated rings. The summed E-state index contributed by atoms with van der Waals surface area (Å²) in [6, 6.07) is 9.96.